The average molecular weight is 265 g/mol. The fourth-order valence-electron chi connectivity index (χ4n) is 4.35. The van der Waals surface area contributed by atoms with Crippen LogP contribution in [0.15, 0.2) is 0 Å². The van der Waals surface area contributed by atoms with Crippen LogP contribution < -0.4 is 5.73 Å². The Morgan fingerprint density at radius 1 is 0.842 bits per heavy atom. The molecule has 1 aliphatic carbocycles. The highest BCUT2D eigenvalue weighted by Crippen LogP contribution is 2.26. The van der Waals surface area contributed by atoms with Crippen LogP contribution in [0, 0.1) is 5.92 Å². The maximum Gasteiger partial charge on any atom is 0.0235 e. The molecular formula is C16H31N3. The average Bonchev–Trinajstić information content (AvgIpc) is 2.91. The summed E-state index contributed by atoms with van der Waals surface area (Å²) >= 11 is 0. The molecular weight excluding hydrogens is 234 g/mol. The monoisotopic (exact) mass is 265 g/mol. The Kier molecular flexibility index (Phi) is 4.78. The van der Waals surface area contributed by atoms with Gasteiger partial charge in [-0.05, 0) is 57.7 Å². The van der Waals surface area contributed by atoms with Crippen molar-refractivity contribution in [2.24, 2.45) is 11.7 Å². The molecule has 3 unspecified atom stereocenters. The first-order valence-electron chi connectivity index (χ1n) is 8.55. The summed E-state index contributed by atoms with van der Waals surface area (Å²) in [5.41, 5.74) is 6.30. The fraction of sp³-hybridized carbons (Fsp3) is 1.00. The first-order chi connectivity index (χ1) is 9.33. The van der Waals surface area contributed by atoms with Gasteiger partial charge in [0.1, 0.15) is 0 Å². The van der Waals surface area contributed by atoms with Gasteiger partial charge >= 0.3 is 0 Å². The number of hydrogen-bond donors (Lipinski definition) is 1. The molecule has 3 heteroatoms. The van der Waals surface area contributed by atoms with E-state index in [1.54, 1.807) is 0 Å². The van der Waals surface area contributed by atoms with Crippen molar-refractivity contribution in [1.82, 2.24) is 9.80 Å². The zero-order valence-electron chi connectivity index (χ0n) is 12.4. The van der Waals surface area contributed by atoms with Gasteiger partial charge in [-0.15, -0.1) is 0 Å². The summed E-state index contributed by atoms with van der Waals surface area (Å²) in [6.45, 7) is 6.59. The minimum Gasteiger partial charge on any atom is -0.327 e. The highest BCUT2D eigenvalue weighted by atomic mass is 15.3. The Labute approximate surface area is 118 Å². The van der Waals surface area contributed by atoms with Gasteiger partial charge < -0.3 is 10.6 Å². The Balaban J connectivity index is 1.45. The summed E-state index contributed by atoms with van der Waals surface area (Å²) in [6, 6.07) is 1.32. The van der Waals surface area contributed by atoms with Crippen LogP contribution in [0.1, 0.15) is 51.4 Å². The molecule has 1 saturated carbocycles. The third-order valence-electron chi connectivity index (χ3n) is 5.62. The molecule has 2 N–H and O–H groups in total. The zero-order valence-corrected chi connectivity index (χ0v) is 12.4. The molecule has 3 rings (SSSR count). The third-order valence-corrected chi connectivity index (χ3v) is 5.62. The molecule has 3 nitrogen and oxygen atoms in total. The van der Waals surface area contributed by atoms with Crippen LogP contribution in [0.3, 0.4) is 0 Å². The van der Waals surface area contributed by atoms with Crippen molar-refractivity contribution in [1.29, 1.82) is 0 Å². The van der Waals surface area contributed by atoms with E-state index in [-0.39, 0.29) is 0 Å². The summed E-state index contributed by atoms with van der Waals surface area (Å²) < 4.78 is 0. The van der Waals surface area contributed by atoms with Gasteiger partial charge in [-0.1, -0.05) is 19.3 Å². The molecule has 0 aromatic carbocycles. The van der Waals surface area contributed by atoms with Gasteiger partial charge in [-0.2, -0.15) is 0 Å². The van der Waals surface area contributed by atoms with Crippen molar-refractivity contribution in [3.8, 4) is 0 Å². The predicted molar refractivity (Wildman–Crippen MR) is 80.2 cm³/mol. The van der Waals surface area contributed by atoms with Crippen molar-refractivity contribution < 1.29 is 0 Å². The van der Waals surface area contributed by atoms with E-state index < -0.39 is 0 Å². The van der Waals surface area contributed by atoms with E-state index >= 15 is 0 Å². The lowest BCUT2D eigenvalue weighted by Crippen LogP contribution is -2.43. The number of rotatable bonds is 3. The molecule has 19 heavy (non-hydrogen) atoms. The van der Waals surface area contributed by atoms with Gasteiger partial charge in [0.25, 0.3) is 0 Å². The largest absolute Gasteiger partial charge is 0.327 e. The van der Waals surface area contributed by atoms with Gasteiger partial charge in [-0.25, -0.2) is 0 Å². The van der Waals surface area contributed by atoms with Crippen LogP contribution in [0.5, 0.6) is 0 Å². The smallest absolute Gasteiger partial charge is 0.0235 e. The molecule has 0 aromatic heterocycles. The van der Waals surface area contributed by atoms with Gasteiger partial charge in [0.15, 0.2) is 0 Å². The van der Waals surface area contributed by atoms with E-state index in [2.05, 4.69) is 9.80 Å². The molecule has 2 saturated heterocycles. The van der Waals surface area contributed by atoms with E-state index in [9.17, 15) is 0 Å². The highest BCUT2D eigenvalue weighted by molar-refractivity contribution is 4.88. The molecule has 0 bridgehead atoms. The molecule has 0 spiro atoms. The molecule has 0 aromatic rings. The predicted octanol–water partition coefficient (Wildman–Crippen LogP) is 2.06. The van der Waals surface area contributed by atoms with Crippen LogP contribution in [0.2, 0.25) is 0 Å². The topological polar surface area (TPSA) is 32.5 Å². The standard InChI is InChI=1S/C16H31N3/c17-16-7-3-2-6-14(16)12-18-11-8-15(13-18)19-9-4-1-5-10-19/h14-16H,1-13,17H2. The zero-order chi connectivity index (χ0) is 13.1. The Hall–Kier alpha value is -0.120. The van der Waals surface area contributed by atoms with Crippen LogP contribution in [0.4, 0.5) is 0 Å². The van der Waals surface area contributed by atoms with Crippen molar-refractivity contribution in [3.05, 3.63) is 0 Å². The van der Waals surface area contributed by atoms with Gasteiger partial charge in [0.2, 0.25) is 0 Å². The highest BCUT2D eigenvalue weighted by Gasteiger charge is 2.31. The number of hydrogen-bond acceptors (Lipinski definition) is 3. The van der Waals surface area contributed by atoms with Gasteiger partial charge in [0, 0.05) is 25.2 Å². The lowest BCUT2D eigenvalue weighted by Gasteiger charge is -2.34. The maximum atomic E-state index is 6.30. The Bertz CT molecular complexity index is 275. The SMILES string of the molecule is NC1CCCCC1CN1CCC(N2CCCCC2)C1. The van der Waals surface area contributed by atoms with Crippen molar-refractivity contribution >= 4 is 0 Å². The molecule has 110 valence electrons. The summed E-state index contributed by atoms with van der Waals surface area (Å²) in [4.78, 5) is 5.46. The van der Waals surface area contributed by atoms with Crippen LogP contribution in [-0.4, -0.2) is 54.6 Å². The second kappa shape index (κ2) is 6.55. The van der Waals surface area contributed by atoms with Crippen LogP contribution in [-0.2, 0) is 0 Å². The second-order valence-corrected chi connectivity index (χ2v) is 7.01. The maximum absolute atomic E-state index is 6.30. The lowest BCUT2D eigenvalue weighted by atomic mass is 9.85. The first kappa shape index (κ1) is 13.8. The summed E-state index contributed by atoms with van der Waals surface area (Å²) in [7, 11) is 0. The van der Waals surface area contributed by atoms with Crippen molar-refractivity contribution in [3.63, 3.8) is 0 Å². The van der Waals surface area contributed by atoms with E-state index in [1.165, 1.54) is 84.1 Å². The van der Waals surface area contributed by atoms with Crippen LogP contribution >= 0.6 is 0 Å². The minimum absolute atomic E-state index is 0.475. The first-order valence-corrected chi connectivity index (χ1v) is 8.55. The lowest BCUT2D eigenvalue weighted by molar-refractivity contribution is 0.152. The quantitative estimate of drug-likeness (QED) is 0.848. The second-order valence-electron chi connectivity index (χ2n) is 7.01. The molecule has 2 heterocycles. The number of nitrogens with zero attached hydrogens (tertiary/aromatic N) is 2. The summed E-state index contributed by atoms with van der Waals surface area (Å²) in [6.07, 6.45) is 11.1. The van der Waals surface area contributed by atoms with E-state index in [0.29, 0.717) is 6.04 Å². The summed E-state index contributed by atoms with van der Waals surface area (Å²) in [5.74, 6) is 0.772. The fourth-order valence-corrected chi connectivity index (χ4v) is 4.35. The molecule has 3 fully saturated rings. The summed E-state index contributed by atoms with van der Waals surface area (Å²) in [5, 5.41) is 0. The Morgan fingerprint density at radius 3 is 2.42 bits per heavy atom. The Morgan fingerprint density at radius 2 is 1.63 bits per heavy atom. The molecule has 3 atom stereocenters. The van der Waals surface area contributed by atoms with Gasteiger partial charge in [0.05, 0.1) is 0 Å². The molecule has 3 aliphatic rings. The van der Waals surface area contributed by atoms with E-state index in [1.807, 2.05) is 0 Å². The van der Waals surface area contributed by atoms with E-state index in [0.717, 1.165) is 12.0 Å². The van der Waals surface area contributed by atoms with Crippen LogP contribution in [0.25, 0.3) is 0 Å². The normalized spacial score (nSPS) is 38.7. The molecule has 0 amide bonds. The van der Waals surface area contributed by atoms with Crippen molar-refractivity contribution in [2.75, 3.05) is 32.7 Å². The van der Waals surface area contributed by atoms with Crippen molar-refractivity contribution in [2.45, 2.75) is 63.5 Å². The number of piperidine rings is 1. The number of nitrogens with two attached hydrogens (primary N) is 1. The number of likely N-dealkylation sites (tertiary alicyclic amines) is 2. The minimum atomic E-state index is 0.475. The molecule has 0 radical (unpaired) electrons. The van der Waals surface area contributed by atoms with E-state index in [4.69, 9.17) is 5.73 Å². The third kappa shape index (κ3) is 3.50. The van der Waals surface area contributed by atoms with Gasteiger partial charge in [-0.3, -0.25) is 4.90 Å². The molecule has 2 aliphatic heterocycles.